The summed E-state index contributed by atoms with van der Waals surface area (Å²) >= 11 is 1.48. The number of nitrogens with zero attached hydrogens (tertiary/aromatic N) is 3. The number of thioether (sulfide) groups is 1. The normalized spacial score (nSPS) is 17.0. The highest BCUT2D eigenvalue weighted by Gasteiger charge is 2.24. The molecule has 1 aliphatic heterocycles. The summed E-state index contributed by atoms with van der Waals surface area (Å²) in [4.78, 5) is 7.42. The highest BCUT2D eigenvalue weighted by atomic mass is 32.2. The summed E-state index contributed by atoms with van der Waals surface area (Å²) in [6.07, 6.45) is 3.35. The average molecular weight is 325 g/mol. The van der Waals surface area contributed by atoms with Crippen LogP contribution in [0.3, 0.4) is 0 Å². The summed E-state index contributed by atoms with van der Waals surface area (Å²) in [6, 6.07) is 10.1. The Kier molecular flexibility index (Phi) is 4.56. The van der Waals surface area contributed by atoms with E-state index < -0.39 is 5.44 Å². The fourth-order valence-electron chi connectivity index (χ4n) is 2.84. The van der Waals surface area contributed by atoms with Gasteiger partial charge < -0.3 is 10.0 Å². The number of anilines is 1. The molecule has 3 rings (SSSR count). The Labute approximate surface area is 140 Å². The van der Waals surface area contributed by atoms with Crippen LogP contribution in [0.1, 0.15) is 19.4 Å². The molecular weight excluding hydrogens is 306 g/mol. The highest BCUT2D eigenvalue weighted by Crippen LogP contribution is 2.40. The SMILES string of the molecule is CC(C)CN1CC(O)Sc2cc(-c3cnccc3C#N)ccc21. The molecule has 1 unspecified atom stereocenters. The lowest BCUT2D eigenvalue weighted by atomic mass is 10.0. The van der Waals surface area contributed by atoms with Crippen LogP contribution in [0.25, 0.3) is 11.1 Å². The van der Waals surface area contributed by atoms with Crippen molar-refractivity contribution in [1.29, 1.82) is 5.26 Å². The summed E-state index contributed by atoms with van der Waals surface area (Å²) in [5.41, 5.74) is 3.12. The second-order valence-corrected chi connectivity index (χ2v) is 7.31. The number of benzene rings is 1. The third kappa shape index (κ3) is 3.34. The van der Waals surface area contributed by atoms with Crippen molar-refractivity contribution in [2.75, 3.05) is 18.0 Å². The van der Waals surface area contributed by atoms with Crippen molar-refractivity contribution < 1.29 is 5.11 Å². The average Bonchev–Trinajstić information content (AvgIpc) is 2.53. The largest absolute Gasteiger partial charge is 0.380 e. The number of fused-ring (bicyclic) bond motifs is 1. The number of aliphatic hydroxyl groups excluding tert-OH is 1. The second-order valence-electron chi connectivity index (χ2n) is 6.09. The zero-order valence-corrected chi connectivity index (χ0v) is 14.0. The first-order chi connectivity index (χ1) is 11.1. The Balaban J connectivity index is 2.02. The number of hydrogen-bond acceptors (Lipinski definition) is 5. The minimum atomic E-state index is -0.430. The van der Waals surface area contributed by atoms with Gasteiger partial charge in [0.1, 0.15) is 5.44 Å². The maximum Gasteiger partial charge on any atom is 0.121 e. The monoisotopic (exact) mass is 325 g/mol. The van der Waals surface area contributed by atoms with E-state index in [0.29, 0.717) is 18.0 Å². The summed E-state index contributed by atoms with van der Waals surface area (Å²) in [6.45, 7) is 5.92. The highest BCUT2D eigenvalue weighted by molar-refractivity contribution is 8.00. The molecule has 1 aromatic heterocycles. The number of rotatable bonds is 3. The molecule has 0 spiro atoms. The third-order valence-corrected chi connectivity index (χ3v) is 4.78. The van der Waals surface area contributed by atoms with Crippen LogP contribution in [-0.2, 0) is 0 Å². The first-order valence-corrected chi connectivity index (χ1v) is 8.54. The zero-order chi connectivity index (χ0) is 16.4. The lowest BCUT2D eigenvalue weighted by Crippen LogP contribution is -2.37. The van der Waals surface area contributed by atoms with Crippen LogP contribution in [0.15, 0.2) is 41.6 Å². The molecule has 0 amide bonds. The predicted molar refractivity (Wildman–Crippen MR) is 93.3 cm³/mol. The molecule has 0 fully saturated rings. The van der Waals surface area contributed by atoms with Crippen LogP contribution in [0, 0.1) is 17.2 Å². The van der Waals surface area contributed by atoms with Crippen LogP contribution in [-0.4, -0.2) is 28.6 Å². The van der Waals surface area contributed by atoms with E-state index in [1.807, 2.05) is 12.1 Å². The predicted octanol–water partition coefficient (Wildman–Crippen LogP) is 3.51. The van der Waals surface area contributed by atoms with E-state index in [1.165, 1.54) is 11.8 Å². The number of β-amino-alcohol motifs (C(OH)–C–C–N with tert-alkyl or cyclic N) is 1. The zero-order valence-electron chi connectivity index (χ0n) is 13.2. The smallest absolute Gasteiger partial charge is 0.121 e. The number of nitriles is 1. The van der Waals surface area contributed by atoms with Crippen molar-refractivity contribution in [3.63, 3.8) is 0 Å². The van der Waals surface area contributed by atoms with Crippen molar-refractivity contribution in [3.8, 4) is 17.2 Å². The molecule has 1 N–H and O–H groups in total. The molecule has 0 saturated heterocycles. The maximum absolute atomic E-state index is 10.2. The fraction of sp³-hybridized carbons (Fsp3) is 0.333. The lowest BCUT2D eigenvalue weighted by Gasteiger charge is -2.35. The number of aliphatic hydroxyl groups is 1. The maximum atomic E-state index is 10.2. The molecule has 0 aliphatic carbocycles. The Hall–Kier alpha value is -2.03. The van der Waals surface area contributed by atoms with E-state index in [4.69, 9.17) is 0 Å². The van der Waals surface area contributed by atoms with E-state index in [9.17, 15) is 10.4 Å². The molecule has 0 saturated carbocycles. The van der Waals surface area contributed by atoms with E-state index >= 15 is 0 Å². The Bertz CT molecular complexity index is 754. The van der Waals surface area contributed by atoms with E-state index in [0.717, 1.165) is 28.3 Å². The third-order valence-electron chi connectivity index (χ3n) is 3.78. The number of aromatic nitrogens is 1. The van der Waals surface area contributed by atoms with Crippen molar-refractivity contribution in [1.82, 2.24) is 4.98 Å². The van der Waals surface area contributed by atoms with Gasteiger partial charge in [-0.05, 0) is 29.7 Å². The van der Waals surface area contributed by atoms with Crippen LogP contribution in [0.5, 0.6) is 0 Å². The van der Waals surface area contributed by atoms with Gasteiger partial charge in [-0.15, -0.1) is 0 Å². The van der Waals surface area contributed by atoms with Crippen molar-refractivity contribution in [2.45, 2.75) is 24.2 Å². The van der Waals surface area contributed by atoms with Gasteiger partial charge in [-0.3, -0.25) is 4.98 Å². The minimum Gasteiger partial charge on any atom is -0.380 e. The lowest BCUT2D eigenvalue weighted by molar-refractivity contribution is 0.263. The van der Waals surface area contributed by atoms with Gasteiger partial charge >= 0.3 is 0 Å². The number of pyridine rings is 1. The summed E-state index contributed by atoms with van der Waals surface area (Å²) in [5.74, 6) is 0.529. The van der Waals surface area contributed by atoms with E-state index in [2.05, 4.69) is 35.9 Å². The van der Waals surface area contributed by atoms with Crippen LogP contribution in [0.4, 0.5) is 5.69 Å². The van der Waals surface area contributed by atoms with Gasteiger partial charge in [-0.1, -0.05) is 31.7 Å². The van der Waals surface area contributed by atoms with Gasteiger partial charge in [0.05, 0.1) is 23.9 Å². The molecular formula is C18H19N3OS. The van der Waals surface area contributed by atoms with Gasteiger partial charge in [0.2, 0.25) is 0 Å². The van der Waals surface area contributed by atoms with Crippen LogP contribution in [0.2, 0.25) is 0 Å². The van der Waals surface area contributed by atoms with Crippen LogP contribution >= 0.6 is 11.8 Å². The molecule has 4 nitrogen and oxygen atoms in total. The molecule has 1 aliphatic rings. The quantitative estimate of drug-likeness (QED) is 0.936. The van der Waals surface area contributed by atoms with E-state index in [1.54, 1.807) is 18.5 Å². The van der Waals surface area contributed by atoms with E-state index in [-0.39, 0.29) is 0 Å². The number of hydrogen-bond donors (Lipinski definition) is 1. The Morgan fingerprint density at radius 3 is 3.00 bits per heavy atom. The standard InChI is InChI=1S/C18H19N3OS/c1-12(2)10-21-11-18(22)23-17-7-13(3-4-16(17)21)15-9-20-6-5-14(15)8-19/h3-7,9,12,18,22H,10-11H2,1-2H3. The van der Waals surface area contributed by atoms with Gasteiger partial charge in [-0.2, -0.15) is 5.26 Å². The summed E-state index contributed by atoms with van der Waals surface area (Å²) in [7, 11) is 0. The fourth-order valence-corrected chi connectivity index (χ4v) is 3.90. The first kappa shape index (κ1) is 15.9. The second kappa shape index (κ2) is 6.61. The van der Waals surface area contributed by atoms with Gasteiger partial charge in [0.25, 0.3) is 0 Å². The molecule has 5 heteroatoms. The minimum absolute atomic E-state index is 0.430. The Morgan fingerprint density at radius 2 is 2.26 bits per heavy atom. The molecule has 2 aromatic rings. The molecule has 1 aromatic carbocycles. The molecule has 118 valence electrons. The first-order valence-electron chi connectivity index (χ1n) is 7.66. The van der Waals surface area contributed by atoms with Gasteiger partial charge in [0.15, 0.2) is 0 Å². The summed E-state index contributed by atoms with van der Waals surface area (Å²) in [5, 5.41) is 19.4. The molecule has 2 heterocycles. The van der Waals surface area contributed by atoms with Crippen LogP contribution < -0.4 is 4.90 Å². The topological polar surface area (TPSA) is 60.1 Å². The molecule has 0 radical (unpaired) electrons. The Morgan fingerprint density at radius 1 is 1.43 bits per heavy atom. The van der Waals surface area contributed by atoms with Gasteiger partial charge in [-0.25, -0.2) is 0 Å². The van der Waals surface area contributed by atoms with Crippen molar-refractivity contribution >= 4 is 17.4 Å². The summed E-state index contributed by atoms with van der Waals surface area (Å²) < 4.78 is 0. The molecule has 23 heavy (non-hydrogen) atoms. The van der Waals surface area contributed by atoms with Gasteiger partial charge in [0, 0.05) is 29.4 Å². The van der Waals surface area contributed by atoms with Crippen molar-refractivity contribution in [2.24, 2.45) is 5.92 Å². The van der Waals surface area contributed by atoms with Crippen molar-refractivity contribution in [3.05, 3.63) is 42.2 Å². The molecule has 1 atom stereocenters. The molecule has 0 bridgehead atoms.